The number of amides is 2. The molecule has 1 fully saturated rings. The number of rotatable bonds is 4. The fourth-order valence-corrected chi connectivity index (χ4v) is 2.77. The van der Waals surface area contributed by atoms with Crippen molar-refractivity contribution in [2.45, 2.75) is 38.3 Å². The molecule has 2 rings (SSSR count). The zero-order valence-electron chi connectivity index (χ0n) is 11.4. The zero-order chi connectivity index (χ0) is 14.4. The molecule has 1 aliphatic carbocycles. The summed E-state index contributed by atoms with van der Waals surface area (Å²) in [6.45, 7) is 1.03. The quantitative estimate of drug-likeness (QED) is 0.800. The Labute approximate surface area is 124 Å². The van der Waals surface area contributed by atoms with Crippen molar-refractivity contribution in [1.82, 2.24) is 10.6 Å². The van der Waals surface area contributed by atoms with E-state index in [1.165, 1.54) is 0 Å². The molecule has 1 saturated carbocycles. The van der Waals surface area contributed by atoms with E-state index in [4.69, 9.17) is 11.6 Å². The first kappa shape index (κ1) is 15.1. The molecule has 0 bridgehead atoms. The monoisotopic (exact) mass is 296 g/mol. The van der Waals surface area contributed by atoms with E-state index in [2.05, 4.69) is 10.6 Å². The highest BCUT2D eigenvalue weighted by Gasteiger charge is 2.20. The van der Waals surface area contributed by atoms with Gasteiger partial charge in [0, 0.05) is 18.1 Å². The summed E-state index contributed by atoms with van der Waals surface area (Å²) >= 11 is 6.02. The normalized spacial score (nSPS) is 22.3. The summed E-state index contributed by atoms with van der Waals surface area (Å²) < 4.78 is 0. The molecule has 0 aliphatic heterocycles. The van der Waals surface area contributed by atoms with Gasteiger partial charge in [0.2, 0.25) is 0 Å². The molecule has 2 unspecified atom stereocenters. The van der Waals surface area contributed by atoms with Crippen LogP contribution in [0.4, 0.5) is 4.79 Å². The summed E-state index contributed by atoms with van der Waals surface area (Å²) in [7, 11) is 0. The van der Waals surface area contributed by atoms with Crippen LogP contribution in [-0.2, 0) is 6.54 Å². The summed E-state index contributed by atoms with van der Waals surface area (Å²) in [5.74, 6) is 0.379. The standard InChI is InChI=1S/C15H21ClN2O2/c16-14-7-2-1-5-12(14)10-18-15(20)17-9-11-4-3-6-13(19)8-11/h1-2,5,7,11,13,19H,3-4,6,8-10H2,(H2,17,18,20). The van der Waals surface area contributed by atoms with Crippen LogP contribution in [0.3, 0.4) is 0 Å². The lowest BCUT2D eigenvalue weighted by Gasteiger charge is -2.25. The lowest BCUT2D eigenvalue weighted by atomic mass is 9.87. The highest BCUT2D eigenvalue weighted by Crippen LogP contribution is 2.23. The van der Waals surface area contributed by atoms with E-state index in [0.717, 1.165) is 31.2 Å². The average Bonchev–Trinajstić information content (AvgIpc) is 2.44. The maximum atomic E-state index is 11.7. The maximum Gasteiger partial charge on any atom is 0.315 e. The number of hydrogen-bond donors (Lipinski definition) is 3. The molecule has 20 heavy (non-hydrogen) atoms. The van der Waals surface area contributed by atoms with Gasteiger partial charge in [0.15, 0.2) is 0 Å². The van der Waals surface area contributed by atoms with Gasteiger partial charge >= 0.3 is 6.03 Å². The minimum atomic E-state index is -0.207. The van der Waals surface area contributed by atoms with Gasteiger partial charge in [-0.1, -0.05) is 36.2 Å². The van der Waals surface area contributed by atoms with Gasteiger partial charge in [-0.05, 0) is 36.8 Å². The molecule has 1 aromatic rings. The fraction of sp³-hybridized carbons (Fsp3) is 0.533. The second-order valence-electron chi connectivity index (χ2n) is 5.34. The number of benzene rings is 1. The molecular formula is C15H21ClN2O2. The first-order valence-corrected chi connectivity index (χ1v) is 7.46. The van der Waals surface area contributed by atoms with Gasteiger partial charge in [0.1, 0.15) is 0 Å². The highest BCUT2D eigenvalue weighted by molar-refractivity contribution is 6.31. The van der Waals surface area contributed by atoms with Crippen LogP contribution < -0.4 is 10.6 Å². The minimum Gasteiger partial charge on any atom is -0.393 e. The first-order chi connectivity index (χ1) is 9.65. The highest BCUT2D eigenvalue weighted by atomic mass is 35.5. The Balaban J connectivity index is 1.69. The number of halogens is 1. The van der Waals surface area contributed by atoms with Crippen LogP contribution >= 0.6 is 11.6 Å². The molecular weight excluding hydrogens is 276 g/mol. The van der Waals surface area contributed by atoms with Crippen molar-refractivity contribution < 1.29 is 9.90 Å². The Bertz CT molecular complexity index is 453. The fourth-order valence-electron chi connectivity index (χ4n) is 2.56. The van der Waals surface area contributed by atoms with Crippen molar-refractivity contribution >= 4 is 17.6 Å². The third kappa shape index (κ3) is 4.69. The van der Waals surface area contributed by atoms with E-state index in [1.54, 1.807) is 6.07 Å². The number of carbonyl (C=O) groups excluding carboxylic acids is 1. The van der Waals surface area contributed by atoms with Crippen LogP contribution in [0.2, 0.25) is 5.02 Å². The molecule has 2 amide bonds. The molecule has 5 heteroatoms. The third-order valence-corrected chi connectivity index (χ3v) is 4.07. The average molecular weight is 297 g/mol. The Morgan fingerprint density at radius 3 is 2.85 bits per heavy atom. The molecule has 0 radical (unpaired) electrons. The minimum absolute atomic E-state index is 0.190. The maximum absolute atomic E-state index is 11.7. The van der Waals surface area contributed by atoms with E-state index >= 15 is 0 Å². The second-order valence-corrected chi connectivity index (χ2v) is 5.75. The van der Waals surface area contributed by atoms with E-state index in [0.29, 0.717) is 24.0 Å². The molecule has 0 saturated heterocycles. The summed E-state index contributed by atoms with van der Waals surface area (Å²) in [6.07, 6.45) is 3.57. The molecule has 0 heterocycles. The van der Waals surface area contributed by atoms with Crippen LogP contribution in [0.1, 0.15) is 31.2 Å². The third-order valence-electron chi connectivity index (χ3n) is 3.70. The molecule has 4 nitrogen and oxygen atoms in total. The lowest BCUT2D eigenvalue weighted by molar-refractivity contribution is 0.101. The van der Waals surface area contributed by atoms with Crippen molar-refractivity contribution in [3.05, 3.63) is 34.9 Å². The molecule has 0 aromatic heterocycles. The van der Waals surface area contributed by atoms with Gasteiger partial charge in [-0.3, -0.25) is 0 Å². The van der Waals surface area contributed by atoms with Crippen LogP contribution in [0.5, 0.6) is 0 Å². The van der Waals surface area contributed by atoms with Crippen molar-refractivity contribution in [3.8, 4) is 0 Å². The van der Waals surface area contributed by atoms with Gasteiger partial charge in [-0.25, -0.2) is 4.79 Å². The van der Waals surface area contributed by atoms with Crippen molar-refractivity contribution in [1.29, 1.82) is 0 Å². The van der Waals surface area contributed by atoms with Gasteiger partial charge in [0.05, 0.1) is 6.10 Å². The largest absolute Gasteiger partial charge is 0.393 e. The van der Waals surface area contributed by atoms with Crippen molar-refractivity contribution in [2.75, 3.05) is 6.54 Å². The molecule has 1 aromatic carbocycles. The predicted molar refractivity (Wildman–Crippen MR) is 79.7 cm³/mol. The number of aliphatic hydroxyl groups is 1. The smallest absolute Gasteiger partial charge is 0.315 e. The SMILES string of the molecule is O=C(NCc1ccccc1Cl)NCC1CCCC(O)C1. The lowest BCUT2D eigenvalue weighted by Crippen LogP contribution is -2.39. The molecule has 1 aliphatic rings. The molecule has 3 N–H and O–H groups in total. The van der Waals surface area contributed by atoms with E-state index in [9.17, 15) is 9.90 Å². The second kappa shape index (κ2) is 7.50. The Morgan fingerprint density at radius 1 is 1.30 bits per heavy atom. The molecule has 0 spiro atoms. The van der Waals surface area contributed by atoms with Crippen molar-refractivity contribution in [2.24, 2.45) is 5.92 Å². The topological polar surface area (TPSA) is 61.4 Å². The predicted octanol–water partition coefficient (Wildman–Crippen LogP) is 2.69. The first-order valence-electron chi connectivity index (χ1n) is 7.08. The van der Waals surface area contributed by atoms with Gasteiger partial charge < -0.3 is 15.7 Å². The zero-order valence-corrected chi connectivity index (χ0v) is 12.2. The van der Waals surface area contributed by atoms with Crippen LogP contribution in [-0.4, -0.2) is 23.8 Å². The van der Waals surface area contributed by atoms with Gasteiger partial charge in [-0.15, -0.1) is 0 Å². The van der Waals surface area contributed by atoms with Crippen LogP contribution in [0.25, 0.3) is 0 Å². The number of aliphatic hydroxyl groups excluding tert-OH is 1. The number of carbonyl (C=O) groups is 1. The summed E-state index contributed by atoms with van der Waals surface area (Å²) in [4.78, 5) is 11.7. The Kier molecular flexibility index (Phi) is 5.68. The molecule has 110 valence electrons. The summed E-state index contributed by atoms with van der Waals surface area (Å²) in [5, 5.41) is 15.9. The van der Waals surface area contributed by atoms with Gasteiger partial charge in [0.25, 0.3) is 0 Å². The van der Waals surface area contributed by atoms with Gasteiger partial charge in [-0.2, -0.15) is 0 Å². The van der Waals surface area contributed by atoms with Crippen LogP contribution in [0.15, 0.2) is 24.3 Å². The van der Waals surface area contributed by atoms with Crippen LogP contribution in [0, 0.1) is 5.92 Å². The van der Waals surface area contributed by atoms with E-state index in [-0.39, 0.29) is 12.1 Å². The molecule has 2 atom stereocenters. The van der Waals surface area contributed by atoms with E-state index < -0.39 is 0 Å². The number of urea groups is 1. The Morgan fingerprint density at radius 2 is 2.10 bits per heavy atom. The van der Waals surface area contributed by atoms with Crippen molar-refractivity contribution in [3.63, 3.8) is 0 Å². The Hall–Kier alpha value is -1.26. The summed E-state index contributed by atoms with van der Waals surface area (Å²) in [6, 6.07) is 7.26. The van der Waals surface area contributed by atoms with E-state index in [1.807, 2.05) is 18.2 Å². The number of nitrogens with one attached hydrogen (secondary N) is 2. The number of hydrogen-bond acceptors (Lipinski definition) is 2. The summed E-state index contributed by atoms with van der Waals surface area (Å²) in [5.41, 5.74) is 0.900.